The van der Waals surface area contributed by atoms with Crippen molar-refractivity contribution >= 4 is 23.4 Å². The van der Waals surface area contributed by atoms with Gasteiger partial charge in [0.25, 0.3) is 5.91 Å². The maximum absolute atomic E-state index is 12.4. The highest BCUT2D eigenvalue weighted by atomic mass is 35.5. The number of nitrogens with one attached hydrogen (secondary N) is 1. The Bertz CT molecular complexity index is 520. The Morgan fingerprint density at radius 2 is 1.82 bits per heavy atom. The van der Waals surface area contributed by atoms with E-state index in [1.54, 1.807) is 24.3 Å². The van der Waals surface area contributed by atoms with Crippen LogP contribution in [0.5, 0.6) is 0 Å². The fourth-order valence-corrected chi connectivity index (χ4v) is 2.69. The van der Waals surface area contributed by atoms with Gasteiger partial charge < -0.3 is 10.2 Å². The fraction of sp³-hybridized carbons (Fsp3) is 0.529. The molecule has 2 amide bonds. The molecular formula is C17H23ClN2O2. The highest BCUT2D eigenvalue weighted by Crippen LogP contribution is 2.20. The third kappa shape index (κ3) is 4.47. The summed E-state index contributed by atoms with van der Waals surface area (Å²) in [4.78, 5) is 26.3. The molecule has 0 bridgehead atoms. The van der Waals surface area contributed by atoms with Gasteiger partial charge in [0.1, 0.15) is 0 Å². The van der Waals surface area contributed by atoms with Gasteiger partial charge in [-0.1, -0.05) is 25.4 Å². The van der Waals surface area contributed by atoms with E-state index in [-0.39, 0.29) is 17.7 Å². The van der Waals surface area contributed by atoms with E-state index in [1.165, 1.54) is 0 Å². The molecule has 0 unspecified atom stereocenters. The molecule has 4 nitrogen and oxygen atoms in total. The van der Waals surface area contributed by atoms with Gasteiger partial charge in [-0.25, -0.2) is 0 Å². The van der Waals surface area contributed by atoms with Crippen molar-refractivity contribution in [2.75, 3.05) is 19.6 Å². The molecule has 0 atom stereocenters. The molecule has 0 aromatic heterocycles. The number of carbonyl (C=O) groups is 2. The summed E-state index contributed by atoms with van der Waals surface area (Å²) in [7, 11) is 0. The SMILES string of the molecule is CC(C)CNC(=O)C1CCN(C(=O)c2ccc(Cl)cc2)CC1. The quantitative estimate of drug-likeness (QED) is 0.926. The van der Waals surface area contributed by atoms with Crippen molar-refractivity contribution < 1.29 is 9.59 Å². The predicted octanol–water partition coefficient (Wildman–Crippen LogP) is 2.96. The molecular weight excluding hydrogens is 300 g/mol. The summed E-state index contributed by atoms with van der Waals surface area (Å²) in [5.41, 5.74) is 0.645. The molecule has 120 valence electrons. The van der Waals surface area contributed by atoms with Gasteiger partial charge in [0.05, 0.1) is 0 Å². The lowest BCUT2D eigenvalue weighted by atomic mass is 9.95. The second-order valence-electron chi connectivity index (χ2n) is 6.21. The Hall–Kier alpha value is -1.55. The van der Waals surface area contributed by atoms with E-state index in [9.17, 15) is 9.59 Å². The summed E-state index contributed by atoms with van der Waals surface area (Å²) < 4.78 is 0. The Balaban J connectivity index is 1.85. The predicted molar refractivity (Wildman–Crippen MR) is 87.9 cm³/mol. The molecule has 0 saturated carbocycles. The second kappa shape index (κ2) is 7.63. The van der Waals surface area contributed by atoms with Gasteiger partial charge >= 0.3 is 0 Å². The number of hydrogen-bond donors (Lipinski definition) is 1. The zero-order chi connectivity index (χ0) is 16.1. The van der Waals surface area contributed by atoms with Crippen LogP contribution in [0.25, 0.3) is 0 Å². The van der Waals surface area contributed by atoms with Gasteiger partial charge in [0.15, 0.2) is 0 Å². The van der Waals surface area contributed by atoms with Gasteiger partial charge in [-0.15, -0.1) is 0 Å². The summed E-state index contributed by atoms with van der Waals surface area (Å²) in [6, 6.07) is 6.93. The van der Waals surface area contributed by atoms with E-state index >= 15 is 0 Å². The van der Waals surface area contributed by atoms with Crippen molar-refractivity contribution in [2.45, 2.75) is 26.7 Å². The molecule has 0 radical (unpaired) electrons. The number of benzene rings is 1. The van der Waals surface area contributed by atoms with Crippen LogP contribution in [0, 0.1) is 11.8 Å². The number of nitrogens with zero attached hydrogens (tertiary/aromatic N) is 1. The average molecular weight is 323 g/mol. The Labute approximate surface area is 136 Å². The molecule has 1 fully saturated rings. The summed E-state index contributed by atoms with van der Waals surface area (Å²) in [5, 5.41) is 3.60. The van der Waals surface area contributed by atoms with E-state index in [0.717, 1.165) is 12.8 Å². The number of hydrogen-bond acceptors (Lipinski definition) is 2. The maximum atomic E-state index is 12.4. The Morgan fingerprint density at radius 3 is 2.36 bits per heavy atom. The lowest BCUT2D eigenvalue weighted by molar-refractivity contribution is -0.126. The third-order valence-corrected chi connectivity index (χ3v) is 4.18. The van der Waals surface area contributed by atoms with Crippen LogP contribution in [0.1, 0.15) is 37.0 Å². The van der Waals surface area contributed by atoms with Gasteiger partial charge in [-0.3, -0.25) is 9.59 Å². The molecule has 5 heteroatoms. The average Bonchev–Trinajstić information content (AvgIpc) is 2.53. The largest absolute Gasteiger partial charge is 0.356 e. The van der Waals surface area contributed by atoms with E-state index in [4.69, 9.17) is 11.6 Å². The highest BCUT2D eigenvalue weighted by Gasteiger charge is 2.27. The normalized spacial score (nSPS) is 15.9. The first-order chi connectivity index (χ1) is 10.5. The van der Waals surface area contributed by atoms with Crippen LogP contribution in [-0.2, 0) is 4.79 Å². The van der Waals surface area contributed by atoms with Crippen LogP contribution in [0.2, 0.25) is 5.02 Å². The zero-order valence-electron chi connectivity index (χ0n) is 13.1. The number of piperidine rings is 1. The molecule has 0 spiro atoms. The minimum atomic E-state index is 0.0118. The second-order valence-corrected chi connectivity index (χ2v) is 6.65. The van der Waals surface area contributed by atoms with Crippen LogP contribution in [0.15, 0.2) is 24.3 Å². The molecule has 1 heterocycles. The van der Waals surface area contributed by atoms with Gasteiger partial charge in [0, 0.05) is 36.1 Å². The van der Waals surface area contributed by atoms with Crippen molar-refractivity contribution in [3.8, 4) is 0 Å². The molecule has 2 rings (SSSR count). The first-order valence-corrected chi connectivity index (χ1v) is 8.17. The van der Waals surface area contributed by atoms with Gasteiger partial charge in [-0.05, 0) is 43.0 Å². The number of amides is 2. The number of rotatable bonds is 4. The zero-order valence-corrected chi connectivity index (χ0v) is 13.9. The standard InChI is InChI=1S/C17H23ClN2O2/c1-12(2)11-19-16(21)13-7-9-20(10-8-13)17(22)14-3-5-15(18)6-4-14/h3-6,12-13H,7-11H2,1-2H3,(H,19,21). The van der Waals surface area contributed by atoms with E-state index in [2.05, 4.69) is 19.2 Å². The molecule has 0 aliphatic carbocycles. The summed E-state index contributed by atoms with van der Waals surface area (Å²) >= 11 is 5.84. The maximum Gasteiger partial charge on any atom is 0.253 e. The Kier molecular flexibility index (Phi) is 5.83. The van der Waals surface area contributed by atoms with Gasteiger partial charge in [-0.2, -0.15) is 0 Å². The fourth-order valence-electron chi connectivity index (χ4n) is 2.57. The summed E-state index contributed by atoms with van der Waals surface area (Å²) in [5.74, 6) is 0.605. The first-order valence-electron chi connectivity index (χ1n) is 7.80. The van der Waals surface area contributed by atoms with Crippen molar-refractivity contribution in [2.24, 2.45) is 11.8 Å². The van der Waals surface area contributed by atoms with E-state index in [1.807, 2.05) is 4.90 Å². The lowest BCUT2D eigenvalue weighted by Crippen LogP contribution is -2.43. The van der Waals surface area contributed by atoms with Crippen molar-refractivity contribution in [3.05, 3.63) is 34.9 Å². The smallest absolute Gasteiger partial charge is 0.253 e. The lowest BCUT2D eigenvalue weighted by Gasteiger charge is -2.31. The third-order valence-electron chi connectivity index (χ3n) is 3.93. The minimum Gasteiger partial charge on any atom is -0.356 e. The molecule has 1 saturated heterocycles. The molecule has 1 aromatic carbocycles. The molecule has 1 N–H and O–H groups in total. The first kappa shape index (κ1) is 16.8. The monoisotopic (exact) mass is 322 g/mol. The molecule has 22 heavy (non-hydrogen) atoms. The number of carbonyl (C=O) groups excluding carboxylic acids is 2. The van der Waals surface area contributed by atoms with Gasteiger partial charge in [0.2, 0.25) is 5.91 Å². The summed E-state index contributed by atoms with van der Waals surface area (Å²) in [6.07, 6.45) is 1.45. The van der Waals surface area contributed by atoms with Crippen molar-refractivity contribution in [1.29, 1.82) is 0 Å². The highest BCUT2D eigenvalue weighted by molar-refractivity contribution is 6.30. The van der Waals surface area contributed by atoms with Crippen LogP contribution in [0.3, 0.4) is 0 Å². The van der Waals surface area contributed by atoms with Crippen LogP contribution < -0.4 is 5.32 Å². The summed E-state index contributed by atoms with van der Waals surface area (Å²) in [6.45, 7) is 6.12. The molecule has 1 aliphatic rings. The molecule has 1 aromatic rings. The van der Waals surface area contributed by atoms with E-state index in [0.29, 0.717) is 36.1 Å². The Morgan fingerprint density at radius 1 is 1.23 bits per heavy atom. The number of likely N-dealkylation sites (tertiary alicyclic amines) is 1. The van der Waals surface area contributed by atoms with Crippen LogP contribution in [0.4, 0.5) is 0 Å². The van der Waals surface area contributed by atoms with Crippen molar-refractivity contribution in [3.63, 3.8) is 0 Å². The van der Waals surface area contributed by atoms with Crippen LogP contribution >= 0.6 is 11.6 Å². The van der Waals surface area contributed by atoms with E-state index < -0.39 is 0 Å². The topological polar surface area (TPSA) is 49.4 Å². The number of halogens is 1. The van der Waals surface area contributed by atoms with Crippen molar-refractivity contribution in [1.82, 2.24) is 10.2 Å². The molecule has 1 aliphatic heterocycles. The minimum absolute atomic E-state index is 0.0118. The van der Waals surface area contributed by atoms with Crippen LogP contribution in [-0.4, -0.2) is 36.3 Å².